The van der Waals surface area contributed by atoms with E-state index in [2.05, 4.69) is 41.2 Å². The van der Waals surface area contributed by atoms with E-state index in [9.17, 15) is 0 Å². The van der Waals surface area contributed by atoms with Crippen LogP contribution in [0.3, 0.4) is 0 Å². The molecule has 2 aromatic rings. The van der Waals surface area contributed by atoms with Crippen molar-refractivity contribution in [2.45, 2.75) is 18.7 Å². The summed E-state index contributed by atoms with van der Waals surface area (Å²) in [4.78, 5) is 1.24. The van der Waals surface area contributed by atoms with Crippen molar-refractivity contribution in [3.05, 3.63) is 27.9 Å². The quantitative estimate of drug-likeness (QED) is 0.707. The number of halogens is 1. The second kappa shape index (κ2) is 3.63. The van der Waals surface area contributed by atoms with E-state index >= 15 is 0 Å². The molecule has 0 aliphatic heterocycles. The summed E-state index contributed by atoms with van der Waals surface area (Å²) in [5.74, 6) is 1.01. The summed E-state index contributed by atoms with van der Waals surface area (Å²) in [6.07, 6.45) is 2.08. The van der Waals surface area contributed by atoms with E-state index in [1.165, 1.54) is 15.8 Å². The molecule has 2 rings (SSSR count). The maximum absolute atomic E-state index is 5.73. The Kier molecular flexibility index (Phi) is 2.62. The smallest absolute Gasteiger partial charge is 0.138 e. The zero-order valence-electron chi connectivity index (χ0n) is 8.35. The van der Waals surface area contributed by atoms with Crippen molar-refractivity contribution in [1.82, 2.24) is 0 Å². The van der Waals surface area contributed by atoms with Gasteiger partial charge in [0.05, 0.1) is 4.90 Å². The van der Waals surface area contributed by atoms with Gasteiger partial charge in [-0.15, -0.1) is 11.8 Å². The molecule has 0 spiro atoms. The molecule has 0 unspecified atom stereocenters. The van der Waals surface area contributed by atoms with Crippen LogP contribution in [0.5, 0.6) is 0 Å². The molecule has 0 saturated heterocycles. The maximum atomic E-state index is 5.73. The molecule has 3 heteroatoms. The van der Waals surface area contributed by atoms with E-state index in [-0.39, 0.29) is 0 Å². The Hall–Kier alpha value is -0.410. The van der Waals surface area contributed by atoms with Gasteiger partial charge in [-0.05, 0) is 37.8 Å². The Bertz CT molecular complexity index is 487. The van der Waals surface area contributed by atoms with Crippen LogP contribution < -0.4 is 0 Å². The Balaban J connectivity index is 2.87. The van der Waals surface area contributed by atoms with Crippen LogP contribution in [0.4, 0.5) is 0 Å². The highest BCUT2D eigenvalue weighted by molar-refractivity contribution is 9.10. The molecule has 0 fully saturated rings. The Labute approximate surface area is 96.0 Å². The molecular weight excluding hydrogens is 260 g/mol. The number of hydrogen-bond acceptors (Lipinski definition) is 2. The summed E-state index contributed by atoms with van der Waals surface area (Å²) in [7, 11) is 0. The molecule has 1 aromatic carbocycles. The third-order valence-electron chi connectivity index (χ3n) is 2.26. The molecule has 14 heavy (non-hydrogen) atoms. The summed E-state index contributed by atoms with van der Waals surface area (Å²) in [5, 5.41) is 1.21. The number of thioether (sulfide) groups is 1. The fourth-order valence-electron chi connectivity index (χ4n) is 1.68. The van der Waals surface area contributed by atoms with Gasteiger partial charge in [-0.25, -0.2) is 0 Å². The second-order valence-corrected chi connectivity index (χ2v) is 5.02. The Morgan fingerprint density at radius 3 is 2.64 bits per heavy atom. The second-order valence-electron chi connectivity index (χ2n) is 3.29. The van der Waals surface area contributed by atoms with Crippen molar-refractivity contribution >= 4 is 38.7 Å². The zero-order valence-corrected chi connectivity index (χ0v) is 10.8. The van der Waals surface area contributed by atoms with Crippen LogP contribution in [0.15, 0.2) is 25.9 Å². The Morgan fingerprint density at radius 2 is 2.00 bits per heavy atom. The van der Waals surface area contributed by atoms with Crippen LogP contribution in [0.1, 0.15) is 11.3 Å². The minimum absolute atomic E-state index is 1.01. The predicted molar refractivity (Wildman–Crippen MR) is 65.2 cm³/mol. The lowest BCUT2D eigenvalue weighted by Crippen LogP contribution is -1.75. The molecule has 0 bridgehead atoms. The van der Waals surface area contributed by atoms with E-state index in [0.29, 0.717) is 0 Å². The lowest BCUT2D eigenvalue weighted by atomic mass is 10.2. The first-order chi connectivity index (χ1) is 6.63. The van der Waals surface area contributed by atoms with Gasteiger partial charge in [0.15, 0.2) is 0 Å². The van der Waals surface area contributed by atoms with Gasteiger partial charge in [-0.2, -0.15) is 0 Å². The molecule has 0 radical (unpaired) electrons. The summed E-state index contributed by atoms with van der Waals surface area (Å²) in [5.41, 5.74) is 2.19. The molecule has 0 atom stereocenters. The van der Waals surface area contributed by atoms with Gasteiger partial charge >= 0.3 is 0 Å². The van der Waals surface area contributed by atoms with Gasteiger partial charge in [0.25, 0.3) is 0 Å². The van der Waals surface area contributed by atoms with Crippen molar-refractivity contribution in [1.29, 1.82) is 0 Å². The summed E-state index contributed by atoms with van der Waals surface area (Å²) < 4.78 is 6.84. The summed E-state index contributed by atoms with van der Waals surface area (Å²) in [6.45, 7) is 4.08. The molecule has 1 aromatic heterocycles. The largest absolute Gasteiger partial charge is 0.460 e. The monoisotopic (exact) mass is 270 g/mol. The molecule has 74 valence electrons. The van der Waals surface area contributed by atoms with E-state index in [1.54, 1.807) is 11.8 Å². The number of fused-ring (bicyclic) bond motifs is 1. The molecule has 0 N–H and O–H groups in total. The predicted octanol–water partition coefficient (Wildman–Crippen LogP) is 4.53. The van der Waals surface area contributed by atoms with Crippen molar-refractivity contribution in [3.8, 4) is 0 Å². The number of benzene rings is 1. The number of hydrogen-bond donors (Lipinski definition) is 0. The summed E-state index contributed by atoms with van der Waals surface area (Å²) >= 11 is 5.24. The Morgan fingerprint density at radius 1 is 1.29 bits per heavy atom. The molecule has 0 aliphatic rings. The standard InChI is InChI=1S/C11H11BrOS/c1-6-4-8(12)5-9-10(6)13-7(2)11(9)14-3/h4-5H,1-3H3. The molecule has 1 heterocycles. The van der Waals surface area contributed by atoms with E-state index in [1.807, 2.05) is 6.92 Å². The number of aryl methyl sites for hydroxylation is 2. The number of furan rings is 1. The molecule has 0 aliphatic carbocycles. The van der Waals surface area contributed by atoms with Crippen molar-refractivity contribution in [2.24, 2.45) is 0 Å². The van der Waals surface area contributed by atoms with E-state index in [4.69, 9.17) is 4.42 Å². The highest BCUT2D eigenvalue weighted by Gasteiger charge is 2.12. The highest BCUT2D eigenvalue weighted by atomic mass is 79.9. The highest BCUT2D eigenvalue weighted by Crippen LogP contribution is 2.35. The first kappa shape index (κ1) is 10.1. The minimum Gasteiger partial charge on any atom is -0.460 e. The van der Waals surface area contributed by atoms with Crippen LogP contribution in [-0.4, -0.2) is 6.26 Å². The van der Waals surface area contributed by atoms with Crippen LogP contribution in [0.2, 0.25) is 0 Å². The lowest BCUT2D eigenvalue weighted by Gasteiger charge is -1.97. The van der Waals surface area contributed by atoms with Gasteiger partial charge < -0.3 is 4.42 Å². The van der Waals surface area contributed by atoms with Gasteiger partial charge in [0.2, 0.25) is 0 Å². The average Bonchev–Trinajstić information content (AvgIpc) is 2.41. The summed E-state index contributed by atoms with van der Waals surface area (Å²) in [6, 6.07) is 4.19. The van der Waals surface area contributed by atoms with Crippen LogP contribution in [0, 0.1) is 13.8 Å². The average molecular weight is 271 g/mol. The SMILES string of the molecule is CSc1c(C)oc2c(C)cc(Br)cc12. The van der Waals surface area contributed by atoms with Crippen LogP contribution >= 0.6 is 27.7 Å². The molecule has 1 nitrogen and oxygen atoms in total. The first-order valence-electron chi connectivity index (χ1n) is 4.36. The van der Waals surface area contributed by atoms with Crippen LogP contribution in [-0.2, 0) is 0 Å². The molecular formula is C11H11BrOS. The van der Waals surface area contributed by atoms with E-state index < -0.39 is 0 Å². The molecule has 0 amide bonds. The first-order valence-corrected chi connectivity index (χ1v) is 6.38. The molecule has 0 saturated carbocycles. The third-order valence-corrected chi connectivity index (χ3v) is 3.64. The van der Waals surface area contributed by atoms with E-state index in [0.717, 1.165) is 15.8 Å². The van der Waals surface area contributed by atoms with Gasteiger partial charge in [0.1, 0.15) is 11.3 Å². The number of rotatable bonds is 1. The van der Waals surface area contributed by atoms with Crippen molar-refractivity contribution in [3.63, 3.8) is 0 Å². The third kappa shape index (κ3) is 1.48. The minimum atomic E-state index is 1.01. The van der Waals surface area contributed by atoms with Gasteiger partial charge in [0, 0.05) is 9.86 Å². The maximum Gasteiger partial charge on any atom is 0.138 e. The van der Waals surface area contributed by atoms with Gasteiger partial charge in [-0.3, -0.25) is 0 Å². The fraction of sp³-hybridized carbons (Fsp3) is 0.273. The van der Waals surface area contributed by atoms with Gasteiger partial charge in [-0.1, -0.05) is 15.9 Å². The topological polar surface area (TPSA) is 13.1 Å². The fourth-order valence-corrected chi connectivity index (χ4v) is 2.95. The lowest BCUT2D eigenvalue weighted by molar-refractivity contribution is 0.566. The zero-order chi connectivity index (χ0) is 10.3. The van der Waals surface area contributed by atoms with Crippen molar-refractivity contribution in [2.75, 3.05) is 6.26 Å². The van der Waals surface area contributed by atoms with Crippen LogP contribution in [0.25, 0.3) is 11.0 Å². The normalized spacial score (nSPS) is 11.1. The van der Waals surface area contributed by atoms with Crippen molar-refractivity contribution < 1.29 is 4.42 Å².